The molecule has 1 rings (SSSR count). The zero-order chi connectivity index (χ0) is 8.97. The van der Waals surface area contributed by atoms with E-state index >= 15 is 0 Å². The van der Waals surface area contributed by atoms with E-state index in [1.54, 1.807) is 19.2 Å². The van der Waals surface area contributed by atoms with Crippen LogP contribution < -0.4 is 11.4 Å². The molecule has 4 nitrogen and oxygen atoms in total. The monoisotopic (exact) mass is 163 g/mol. The van der Waals surface area contributed by atoms with E-state index < -0.39 is 0 Å². The molecule has 0 atom stereocenters. The van der Waals surface area contributed by atoms with Gasteiger partial charge in [-0.3, -0.25) is 4.57 Å². The van der Waals surface area contributed by atoms with E-state index in [0.717, 1.165) is 0 Å². The summed E-state index contributed by atoms with van der Waals surface area (Å²) in [5, 5.41) is 0. The number of nitrogens with two attached hydrogens (primary N) is 1. The normalized spacial score (nSPS) is 8.75. The van der Waals surface area contributed by atoms with Gasteiger partial charge < -0.3 is 5.73 Å². The minimum absolute atomic E-state index is 0.237. The molecule has 0 bridgehead atoms. The van der Waals surface area contributed by atoms with E-state index in [-0.39, 0.29) is 11.5 Å². The van der Waals surface area contributed by atoms with Crippen molar-refractivity contribution in [3.8, 4) is 11.8 Å². The average molecular weight is 163 g/mol. The average Bonchev–Trinajstić information content (AvgIpc) is 2.03. The molecule has 0 aromatic carbocycles. The number of nitrogen functional groups attached to an aromatic ring is 1. The van der Waals surface area contributed by atoms with Gasteiger partial charge in [-0.15, -0.1) is 5.92 Å². The van der Waals surface area contributed by atoms with Crippen molar-refractivity contribution in [1.29, 1.82) is 0 Å². The predicted molar refractivity (Wildman–Crippen MR) is 46.4 cm³/mol. The van der Waals surface area contributed by atoms with Crippen molar-refractivity contribution in [3.63, 3.8) is 0 Å². The molecule has 4 heteroatoms. The third-order valence-corrected chi connectivity index (χ3v) is 1.32. The summed E-state index contributed by atoms with van der Waals surface area (Å²) in [5.74, 6) is 5.68. The van der Waals surface area contributed by atoms with E-state index in [1.165, 1.54) is 4.57 Å². The molecule has 0 saturated carbocycles. The third kappa shape index (κ3) is 1.86. The molecular weight excluding hydrogens is 154 g/mol. The van der Waals surface area contributed by atoms with Gasteiger partial charge in [0.15, 0.2) is 0 Å². The van der Waals surface area contributed by atoms with Gasteiger partial charge in [0.1, 0.15) is 5.82 Å². The molecule has 1 aromatic heterocycles. The molecule has 0 radical (unpaired) electrons. The van der Waals surface area contributed by atoms with Crippen LogP contribution in [0.15, 0.2) is 17.1 Å². The summed E-state index contributed by atoms with van der Waals surface area (Å²) >= 11 is 0. The van der Waals surface area contributed by atoms with Gasteiger partial charge in [0.25, 0.3) is 0 Å². The molecule has 12 heavy (non-hydrogen) atoms. The van der Waals surface area contributed by atoms with Crippen molar-refractivity contribution in [1.82, 2.24) is 9.55 Å². The molecule has 0 aliphatic carbocycles. The van der Waals surface area contributed by atoms with Crippen LogP contribution in [0.3, 0.4) is 0 Å². The fraction of sp³-hybridized carbons (Fsp3) is 0.250. The lowest BCUT2D eigenvalue weighted by atomic mass is 10.5. The van der Waals surface area contributed by atoms with E-state index in [4.69, 9.17) is 5.73 Å². The highest BCUT2D eigenvalue weighted by Crippen LogP contribution is 1.88. The number of hydrogen-bond donors (Lipinski definition) is 1. The number of nitrogens with zero attached hydrogens (tertiary/aromatic N) is 2. The number of rotatable bonds is 1. The number of anilines is 1. The van der Waals surface area contributed by atoms with Crippen molar-refractivity contribution in [3.05, 3.63) is 22.7 Å². The lowest BCUT2D eigenvalue weighted by Gasteiger charge is -1.97. The summed E-state index contributed by atoms with van der Waals surface area (Å²) in [4.78, 5) is 14.6. The first-order valence-electron chi connectivity index (χ1n) is 3.46. The summed E-state index contributed by atoms with van der Waals surface area (Å²) in [6, 6.07) is 1.57. The second-order valence-electron chi connectivity index (χ2n) is 2.19. The largest absolute Gasteiger partial charge is 0.383 e. The molecule has 2 N–H and O–H groups in total. The molecule has 1 heterocycles. The molecule has 0 amide bonds. The van der Waals surface area contributed by atoms with Crippen LogP contribution in [-0.4, -0.2) is 9.55 Å². The van der Waals surface area contributed by atoms with Crippen LogP contribution in [-0.2, 0) is 6.54 Å². The van der Waals surface area contributed by atoms with Gasteiger partial charge in [0.05, 0.1) is 6.54 Å². The first-order valence-corrected chi connectivity index (χ1v) is 3.46. The summed E-state index contributed by atoms with van der Waals surface area (Å²) in [5.41, 5.74) is 4.93. The molecule has 1 aromatic rings. The van der Waals surface area contributed by atoms with E-state index in [1.807, 2.05) is 0 Å². The standard InChI is InChI=1S/C8H9N3O/c1-2-3-5-11-6-4-7(9)10-8(11)12/h4,6H,5H2,1H3,(H2,9,10,12). The Morgan fingerprint density at radius 1 is 1.75 bits per heavy atom. The molecule has 0 aliphatic heterocycles. The van der Waals surface area contributed by atoms with Gasteiger partial charge >= 0.3 is 5.69 Å². The Kier molecular flexibility index (Phi) is 2.49. The van der Waals surface area contributed by atoms with Gasteiger partial charge in [0.2, 0.25) is 0 Å². The first kappa shape index (κ1) is 8.34. The van der Waals surface area contributed by atoms with E-state index in [0.29, 0.717) is 6.54 Å². The maximum absolute atomic E-state index is 11.0. The Hall–Kier alpha value is -1.76. The van der Waals surface area contributed by atoms with Crippen molar-refractivity contribution in [2.45, 2.75) is 13.5 Å². The van der Waals surface area contributed by atoms with Crippen LogP contribution in [0, 0.1) is 11.8 Å². The van der Waals surface area contributed by atoms with Crippen molar-refractivity contribution in [2.75, 3.05) is 5.73 Å². The first-order chi connectivity index (χ1) is 5.74. The summed E-state index contributed by atoms with van der Waals surface area (Å²) in [7, 11) is 0. The lowest BCUT2D eigenvalue weighted by Crippen LogP contribution is -2.22. The SMILES string of the molecule is CC#CCn1ccc(N)nc1=O. The quantitative estimate of drug-likeness (QED) is 0.585. The molecule has 0 spiro atoms. The van der Waals surface area contributed by atoms with Gasteiger partial charge in [-0.1, -0.05) is 5.92 Å². The van der Waals surface area contributed by atoms with Crippen LogP contribution >= 0.6 is 0 Å². The fourth-order valence-corrected chi connectivity index (χ4v) is 0.727. The van der Waals surface area contributed by atoms with Gasteiger partial charge in [0, 0.05) is 6.20 Å². The molecule has 0 aliphatic rings. The zero-order valence-corrected chi connectivity index (χ0v) is 6.74. The Morgan fingerprint density at radius 2 is 2.50 bits per heavy atom. The summed E-state index contributed by atoms with van der Waals surface area (Å²) < 4.78 is 1.40. The fourth-order valence-electron chi connectivity index (χ4n) is 0.727. The minimum atomic E-state index is -0.363. The van der Waals surface area contributed by atoms with Crippen molar-refractivity contribution < 1.29 is 0 Å². The van der Waals surface area contributed by atoms with Crippen molar-refractivity contribution >= 4 is 5.82 Å². The maximum Gasteiger partial charge on any atom is 0.350 e. The molecule has 0 fully saturated rings. The van der Waals surface area contributed by atoms with Crippen LogP contribution in [0.25, 0.3) is 0 Å². The van der Waals surface area contributed by atoms with Crippen LogP contribution in [0.5, 0.6) is 0 Å². The Labute approximate surface area is 70.0 Å². The van der Waals surface area contributed by atoms with Gasteiger partial charge in [-0.05, 0) is 13.0 Å². The predicted octanol–water partition coefficient (Wildman–Crippen LogP) is -0.151. The number of hydrogen-bond acceptors (Lipinski definition) is 3. The maximum atomic E-state index is 11.0. The lowest BCUT2D eigenvalue weighted by molar-refractivity contribution is 0.760. The van der Waals surface area contributed by atoms with Crippen LogP contribution in [0.1, 0.15) is 6.92 Å². The number of aromatic nitrogens is 2. The highest BCUT2D eigenvalue weighted by molar-refractivity contribution is 5.23. The Morgan fingerprint density at radius 3 is 3.08 bits per heavy atom. The summed E-state index contributed by atoms with van der Waals surface area (Å²) in [6.07, 6.45) is 1.58. The Balaban J connectivity index is 2.99. The van der Waals surface area contributed by atoms with Gasteiger partial charge in [-0.25, -0.2) is 4.79 Å². The third-order valence-electron chi connectivity index (χ3n) is 1.32. The second-order valence-corrected chi connectivity index (χ2v) is 2.19. The topological polar surface area (TPSA) is 60.9 Å². The smallest absolute Gasteiger partial charge is 0.350 e. The molecule has 0 unspecified atom stereocenters. The molecule has 62 valence electrons. The minimum Gasteiger partial charge on any atom is -0.383 e. The molecular formula is C8H9N3O. The second kappa shape index (κ2) is 3.58. The van der Waals surface area contributed by atoms with E-state index in [2.05, 4.69) is 16.8 Å². The van der Waals surface area contributed by atoms with Crippen LogP contribution in [0.4, 0.5) is 5.82 Å². The Bertz CT molecular complexity index is 383. The van der Waals surface area contributed by atoms with E-state index in [9.17, 15) is 4.79 Å². The molecule has 0 saturated heterocycles. The van der Waals surface area contributed by atoms with Crippen LogP contribution in [0.2, 0.25) is 0 Å². The summed E-state index contributed by atoms with van der Waals surface area (Å²) in [6.45, 7) is 2.08. The van der Waals surface area contributed by atoms with Gasteiger partial charge in [-0.2, -0.15) is 4.98 Å². The van der Waals surface area contributed by atoms with Crippen molar-refractivity contribution in [2.24, 2.45) is 0 Å². The zero-order valence-electron chi connectivity index (χ0n) is 6.74. The highest BCUT2D eigenvalue weighted by atomic mass is 16.1. The highest BCUT2D eigenvalue weighted by Gasteiger charge is 1.93.